The van der Waals surface area contributed by atoms with E-state index in [0.717, 1.165) is 22.5 Å². The van der Waals surface area contributed by atoms with Gasteiger partial charge in [0.1, 0.15) is 17.9 Å². The maximum Gasteiger partial charge on any atom is 0.263 e. The second kappa shape index (κ2) is 9.57. The van der Waals surface area contributed by atoms with Crippen LogP contribution < -0.4 is 26.2 Å². The highest BCUT2D eigenvalue weighted by atomic mass is 16.5. The van der Waals surface area contributed by atoms with E-state index in [2.05, 4.69) is 44.9 Å². The molecule has 4 aromatic rings. The van der Waals surface area contributed by atoms with E-state index >= 15 is 0 Å². The number of hydrogen-bond donors (Lipinski definition) is 4. The predicted molar refractivity (Wildman–Crippen MR) is 139 cm³/mol. The first-order valence-corrected chi connectivity index (χ1v) is 11.7. The van der Waals surface area contributed by atoms with Crippen LogP contribution in [0.3, 0.4) is 0 Å². The summed E-state index contributed by atoms with van der Waals surface area (Å²) in [5, 5.41) is 13.7. The molecule has 4 N–H and O–H groups in total. The van der Waals surface area contributed by atoms with E-state index in [-0.39, 0.29) is 11.6 Å². The number of nitrogens with zero attached hydrogens (tertiary/aromatic N) is 3. The Morgan fingerprint density at radius 3 is 2.72 bits per heavy atom. The molecule has 10 heteroatoms. The van der Waals surface area contributed by atoms with Crippen LogP contribution in [0.1, 0.15) is 35.8 Å². The van der Waals surface area contributed by atoms with Crippen LogP contribution >= 0.6 is 0 Å². The number of benzene rings is 1. The first-order valence-electron chi connectivity index (χ1n) is 11.7. The highest BCUT2D eigenvalue weighted by Crippen LogP contribution is 2.34. The minimum absolute atomic E-state index is 0.0270. The number of hydrogen-bond acceptors (Lipinski definition) is 7. The van der Waals surface area contributed by atoms with Gasteiger partial charge >= 0.3 is 0 Å². The minimum atomic E-state index is -0.524. The van der Waals surface area contributed by atoms with Crippen molar-refractivity contribution in [1.82, 2.24) is 19.7 Å². The summed E-state index contributed by atoms with van der Waals surface area (Å²) in [7, 11) is 0. The summed E-state index contributed by atoms with van der Waals surface area (Å²) in [6, 6.07) is 11.3. The number of nitrogens with one attached hydrogen (secondary N) is 4. The Balaban J connectivity index is 1.39. The number of aromatic nitrogens is 4. The van der Waals surface area contributed by atoms with Crippen molar-refractivity contribution in [3.8, 4) is 17.1 Å². The lowest BCUT2D eigenvalue weighted by atomic mass is 10.1. The second-order valence-corrected chi connectivity index (χ2v) is 8.76. The summed E-state index contributed by atoms with van der Waals surface area (Å²) in [5.41, 5.74) is 4.72. The molecule has 0 saturated heterocycles. The fraction of sp³-hybridized carbons (Fsp3) is 0.231. The number of ether oxygens (including phenoxy) is 1. The molecule has 184 valence electrons. The van der Waals surface area contributed by atoms with Crippen LogP contribution in [0.15, 0.2) is 59.8 Å². The molecule has 3 aromatic heterocycles. The third kappa shape index (κ3) is 4.40. The number of rotatable bonds is 6. The fourth-order valence-electron chi connectivity index (χ4n) is 4.17. The van der Waals surface area contributed by atoms with Crippen LogP contribution in [0.25, 0.3) is 11.3 Å². The lowest BCUT2D eigenvalue weighted by Crippen LogP contribution is -2.25. The van der Waals surface area contributed by atoms with E-state index < -0.39 is 11.5 Å². The van der Waals surface area contributed by atoms with E-state index in [1.165, 1.54) is 6.20 Å². The number of aromatic amines is 1. The van der Waals surface area contributed by atoms with Gasteiger partial charge in [-0.25, -0.2) is 4.98 Å². The molecule has 1 aliphatic heterocycles. The summed E-state index contributed by atoms with van der Waals surface area (Å²) >= 11 is 0. The summed E-state index contributed by atoms with van der Waals surface area (Å²) in [4.78, 5) is 32.8. The van der Waals surface area contributed by atoms with Crippen molar-refractivity contribution in [2.75, 3.05) is 29.1 Å². The maximum atomic E-state index is 13.2. The highest BCUT2D eigenvalue weighted by molar-refractivity contribution is 6.08. The molecule has 0 bridgehead atoms. The van der Waals surface area contributed by atoms with Crippen molar-refractivity contribution in [3.63, 3.8) is 0 Å². The molecule has 0 spiro atoms. The minimum Gasteiger partial charge on any atom is -0.474 e. The molecule has 36 heavy (non-hydrogen) atoms. The van der Waals surface area contributed by atoms with Gasteiger partial charge < -0.3 is 25.7 Å². The molecule has 0 fully saturated rings. The second-order valence-electron chi connectivity index (χ2n) is 8.76. The molecule has 1 aliphatic rings. The molecule has 1 amide bonds. The first-order chi connectivity index (χ1) is 17.4. The van der Waals surface area contributed by atoms with E-state index in [9.17, 15) is 9.59 Å². The highest BCUT2D eigenvalue weighted by Gasteiger charge is 2.20. The molecule has 0 saturated carbocycles. The average Bonchev–Trinajstić information content (AvgIpc) is 3.37. The Labute approximate surface area is 207 Å². The van der Waals surface area contributed by atoms with Gasteiger partial charge in [-0.3, -0.25) is 14.3 Å². The summed E-state index contributed by atoms with van der Waals surface area (Å²) in [5.74, 6) is 0.0115. The zero-order valence-electron chi connectivity index (χ0n) is 20.3. The van der Waals surface area contributed by atoms with Crippen molar-refractivity contribution >= 4 is 28.7 Å². The monoisotopic (exact) mass is 485 g/mol. The standard InChI is InChI=1S/C26H27N7O3/c1-15(2)33-21(9-11-30-33)17-4-6-18(7-5-17)31-25(35)22-19(8-10-28-24(22)34)32-20-14-29-26-23(16(20)3)27-12-13-36-26/h4-11,14-15,27H,12-13H2,1-3H3,(H,31,35)(H2,28,32,34). The number of amides is 1. The Morgan fingerprint density at radius 1 is 1.14 bits per heavy atom. The molecule has 0 radical (unpaired) electrons. The van der Waals surface area contributed by atoms with Crippen LogP contribution in [-0.4, -0.2) is 38.8 Å². The first kappa shape index (κ1) is 23.2. The zero-order chi connectivity index (χ0) is 25.2. The summed E-state index contributed by atoms with van der Waals surface area (Å²) in [6.45, 7) is 7.29. The third-order valence-electron chi connectivity index (χ3n) is 6.00. The Hall–Kier alpha value is -4.60. The van der Waals surface area contributed by atoms with Crippen molar-refractivity contribution in [2.45, 2.75) is 26.8 Å². The molecule has 10 nitrogen and oxygen atoms in total. The number of anilines is 4. The third-order valence-corrected chi connectivity index (χ3v) is 6.00. The quantitative estimate of drug-likeness (QED) is 0.320. The van der Waals surface area contributed by atoms with Gasteiger partial charge in [-0.2, -0.15) is 5.10 Å². The van der Waals surface area contributed by atoms with Crippen molar-refractivity contribution in [3.05, 3.63) is 76.5 Å². The number of carbonyl (C=O) groups excluding carboxylic acids is 1. The zero-order valence-corrected chi connectivity index (χ0v) is 20.3. The van der Waals surface area contributed by atoms with Gasteiger partial charge in [0.25, 0.3) is 11.5 Å². The number of carbonyl (C=O) groups is 1. The molecule has 0 aliphatic carbocycles. The molecule has 0 atom stereocenters. The number of pyridine rings is 2. The van der Waals surface area contributed by atoms with Crippen LogP contribution in [0.4, 0.5) is 22.7 Å². The number of fused-ring (bicyclic) bond motifs is 1. The van der Waals surface area contributed by atoms with E-state index in [1.807, 2.05) is 29.8 Å². The molecule has 0 unspecified atom stereocenters. The topological polar surface area (TPSA) is 126 Å². The predicted octanol–water partition coefficient (Wildman–Crippen LogP) is 4.32. The van der Waals surface area contributed by atoms with Gasteiger partial charge in [0.05, 0.1) is 23.3 Å². The van der Waals surface area contributed by atoms with Crippen LogP contribution in [0, 0.1) is 6.92 Å². The van der Waals surface area contributed by atoms with Gasteiger partial charge in [-0.15, -0.1) is 0 Å². The molecule has 4 heterocycles. The Morgan fingerprint density at radius 2 is 1.94 bits per heavy atom. The van der Waals surface area contributed by atoms with Crippen LogP contribution in [-0.2, 0) is 0 Å². The van der Waals surface area contributed by atoms with E-state index in [0.29, 0.717) is 36.1 Å². The van der Waals surface area contributed by atoms with Crippen LogP contribution in [0.5, 0.6) is 5.88 Å². The SMILES string of the molecule is Cc1c(Nc2cc[nH]c(=O)c2C(=O)Nc2ccc(-c3ccnn3C(C)C)cc2)cnc2c1NCCO2. The Bertz CT molecular complexity index is 1470. The van der Waals surface area contributed by atoms with Crippen LogP contribution in [0.2, 0.25) is 0 Å². The lowest BCUT2D eigenvalue weighted by molar-refractivity contribution is 0.102. The van der Waals surface area contributed by atoms with Gasteiger partial charge in [0.15, 0.2) is 0 Å². The van der Waals surface area contributed by atoms with Gasteiger partial charge in [0, 0.05) is 36.2 Å². The van der Waals surface area contributed by atoms with Crippen molar-refractivity contribution in [1.29, 1.82) is 0 Å². The Kier molecular flexibility index (Phi) is 6.16. The molecular weight excluding hydrogens is 458 g/mol. The van der Waals surface area contributed by atoms with Gasteiger partial charge in [-0.05, 0) is 50.6 Å². The average molecular weight is 486 g/mol. The summed E-state index contributed by atoms with van der Waals surface area (Å²) in [6.07, 6.45) is 4.89. The fourth-order valence-corrected chi connectivity index (χ4v) is 4.17. The molecular formula is C26H27N7O3. The number of H-pyrrole nitrogens is 1. The largest absolute Gasteiger partial charge is 0.474 e. The smallest absolute Gasteiger partial charge is 0.263 e. The van der Waals surface area contributed by atoms with Crippen molar-refractivity contribution < 1.29 is 9.53 Å². The normalized spacial score (nSPS) is 12.4. The summed E-state index contributed by atoms with van der Waals surface area (Å²) < 4.78 is 7.52. The molecule has 1 aromatic carbocycles. The molecule has 5 rings (SSSR count). The van der Waals surface area contributed by atoms with E-state index in [1.54, 1.807) is 30.6 Å². The lowest BCUT2D eigenvalue weighted by Gasteiger charge is -2.22. The van der Waals surface area contributed by atoms with Crippen molar-refractivity contribution in [2.24, 2.45) is 0 Å². The van der Waals surface area contributed by atoms with Gasteiger partial charge in [-0.1, -0.05) is 12.1 Å². The van der Waals surface area contributed by atoms with Gasteiger partial charge in [0.2, 0.25) is 5.88 Å². The van der Waals surface area contributed by atoms with E-state index in [4.69, 9.17) is 4.74 Å². The maximum absolute atomic E-state index is 13.2.